The van der Waals surface area contributed by atoms with Gasteiger partial charge in [-0.15, -0.1) is 5.10 Å². The highest BCUT2D eigenvalue weighted by Crippen LogP contribution is 2.31. The zero-order valence-electron chi connectivity index (χ0n) is 26.8. The van der Waals surface area contributed by atoms with Gasteiger partial charge in [0.25, 0.3) is 11.5 Å². The van der Waals surface area contributed by atoms with Gasteiger partial charge in [-0.2, -0.15) is 22.7 Å². The van der Waals surface area contributed by atoms with Gasteiger partial charge in [-0.3, -0.25) is 19.4 Å². The molecule has 2 aliphatic rings. The first kappa shape index (κ1) is 34.1. The lowest BCUT2D eigenvalue weighted by Crippen LogP contribution is -2.51. The van der Waals surface area contributed by atoms with E-state index in [9.17, 15) is 27.6 Å². The number of piperazine rings is 1. The molecule has 4 aromatic rings. The molecule has 2 amide bonds. The number of pyridine rings is 2. The lowest BCUT2D eigenvalue weighted by atomic mass is 10.1. The largest absolute Gasteiger partial charge is 0.433 e. The van der Waals surface area contributed by atoms with Gasteiger partial charge in [0.05, 0.1) is 24.6 Å². The molecule has 0 unspecified atom stereocenters. The molecule has 2 aliphatic heterocycles. The number of fused-ring (bicyclic) bond motifs is 1. The second-order valence-corrected chi connectivity index (χ2v) is 11.8. The quantitative estimate of drug-likeness (QED) is 0.273. The number of carbonyl (C=O) groups is 2. The normalized spacial score (nSPS) is 15.6. The Morgan fingerprint density at radius 3 is 2.37 bits per heavy atom. The van der Waals surface area contributed by atoms with Crippen LogP contribution in [0, 0.1) is 0 Å². The number of halogens is 4. The summed E-state index contributed by atoms with van der Waals surface area (Å²) >= 11 is 6.01. The van der Waals surface area contributed by atoms with Crippen molar-refractivity contribution in [2.75, 3.05) is 67.6 Å². The van der Waals surface area contributed by atoms with Crippen LogP contribution in [-0.4, -0.2) is 98.3 Å². The summed E-state index contributed by atoms with van der Waals surface area (Å²) in [6.07, 6.45) is -2.13. The first-order chi connectivity index (χ1) is 23.5. The summed E-state index contributed by atoms with van der Waals surface area (Å²) in [5.74, 6) is -0.403. The molecule has 6 heterocycles. The molecule has 4 aromatic heterocycles. The van der Waals surface area contributed by atoms with Gasteiger partial charge in [-0.1, -0.05) is 31.5 Å². The second-order valence-electron chi connectivity index (χ2n) is 11.5. The zero-order valence-corrected chi connectivity index (χ0v) is 27.6. The van der Waals surface area contributed by atoms with Crippen LogP contribution in [0.15, 0.2) is 35.3 Å². The maximum Gasteiger partial charge on any atom is 0.433 e. The molecular formula is C31H34ClF3N10O4. The first-order valence-electron chi connectivity index (χ1n) is 15.9. The molecule has 49 heavy (non-hydrogen) atoms. The smallest absolute Gasteiger partial charge is 0.378 e. The van der Waals surface area contributed by atoms with E-state index in [0.717, 1.165) is 22.2 Å². The number of aryl methyl sites for hydroxylation is 1. The number of ether oxygens (including phenoxy) is 1. The Bertz CT molecular complexity index is 1940. The number of nitrogens with one attached hydrogen (secondary N) is 1. The molecule has 6 rings (SSSR count). The molecule has 0 aliphatic carbocycles. The van der Waals surface area contributed by atoms with Crippen molar-refractivity contribution in [1.82, 2.24) is 34.0 Å². The third-order valence-electron chi connectivity index (χ3n) is 8.52. The number of aromatic nitrogens is 6. The minimum Gasteiger partial charge on any atom is -0.378 e. The maximum absolute atomic E-state index is 14.2. The zero-order chi connectivity index (χ0) is 34.9. The minimum atomic E-state index is -4.71. The van der Waals surface area contributed by atoms with Crippen molar-refractivity contribution in [2.45, 2.75) is 39.4 Å². The molecule has 0 aromatic carbocycles. The van der Waals surface area contributed by atoms with E-state index in [2.05, 4.69) is 25.4 Å². The van der Waals surface area contributed by atoms with Crippen LogP contribution in [0.4, 0.5) is 30.5 Å². The number of carbonyl (C=O) groups excluding carboxylic acids is 2. The number of nitrogens with zero attached hydrogens (tertiary/aromatic N) is 9. The van der Waals surface area contributed by atoms with Crippen molar-refractivity contribution >= 4 is 46.5 Å². The topological polar surface area (TPSA) is 143 Å². The first-order valence-corrected chi connectivity index (χ1v) is 16.2. The highest BCUT2D eigenvalue weighted by atomic mass is 35.5. The summed E-state index contributed by atoms with van der Waals surface area (Å²) in [6, 6.07) is 5.43. The van der Waals surface area contributed by atoms with Crippen molar-refractivity contribution in [3.63, 3.8) is 0 Å². The Labute approximate surface area is 283 Å². The van der Waals surface area contributed by atoms with Crippen LogP contribution in [0.25, 0.3) is 5.78 Å². The van der Waals surface area contributed by atoms with E-state index in [1.165, 1.54) is 0 Å². The van der Waals surface area contributed by atoms with E-state index in [1.54, 1.807) is 21.7 Å². The lowest BCUT2D eigenvalue weighted by Gasteiger charge is -2.36. The molecular weight excluding hydrogens is 669 g/mol. The van der Waals surface area contributed by atoms with Crippen molar-refractivity contribution in [3.05, 3.63) is 68.6 Å². The Hall–Kier alpha value is -4.77. The molecule has 18 heteroatoms. The molecule has 0 radical (unpaired) electrons. The van der Waals surface area contributed by atoms with Gasteiger partial charge < -0.3 is 29.3 Å². The SMILES string of the molecule is CCc1cccnc1C(=O)N1CCN(c2c(CC)n(CC(=O)Nc3ccc(C(F)(F)F)nc3Cl)c3nc(N4CCOCC4)nn3c2=O)CC1. The maximum atomic E-state index is 14.2. The summed E-state index contributed by atoms with van der Waals surface area (Å²) in [7, 11) is 0. The average molecular weight is 703 g/mol. The summed E-state index contributed by atoms with van der Waals surface area (Å²) < 4.78 is 47.6. The summed E-state index contributed by atoms with van der Waals surface area (Å²) in [5.41, 5.74) is 0.350. The van der Waals surface area contributed by atoms with Crippen LogP contribution in [0.1, 0.15) is 41.3 Å². The molecule has 260 valence electrons. The van der Waals surface area contributed by atoms with Crippen LogP contribution in [0.5, 0.6) is 0 Å². The van der Waals surface area contributed by atoms with Crippen molar-refractivity contribution < 1.29 is 27.5 Å². The van der Waals surface area contributed by atoms with Gasteiger partial charge >= 0.3 is 6.18 Å². The molecule has 14 nitrogen and oxygen atoms in total. The predicted molar refractivity (Wildman–Crippen MR) is 174 cm³/mol. The van der Waals surface area contributed by atoms with Gasteiger partial charge in [0.1, 0.15) is 23.6 Å². The number of hydrogen-bond donors (Lipinski definition) is 1. The van der Waals surface area contributed by atoms with Gasteiger partial charge in [0, 0.05) is 45.5 Å². The summed E-state index contributed by atoms with van der Waals surface area (Å²) in [5, 5.41) is 6.55. The van der Waals surface area contributed by atoms with Crippen molar-refractivity contribution in [1.29, 1.82) is 0 Å². The fourth-order valence-electron chi connectivity index (χ4n) is 6.03. The fraction of sp³-hybridized carbons (Fsp3) is 0.452. The van der Waals surface area contributed by atoms with Crippen LogP contribution < -0.4 is 20.7 Å². The van der Waals surface area contributed by atoms with Crippen molar-refractivity contribution in [3.8, 4) is 0 Å². The van der Waals surface area contributed by atoms with E-state index in [1.807, 2.05) is 29.7 Å². The van der Waals surface area contributed by atoms with Crippen LogP contribution >= 0.6 is 11.6 Å². The molecule has 0 bridgehead atoms. The third kappa shape index (κ3) is 6.90. The van der Waals surface area contributed by atoms with E-state index in [4.69, 9.17) is 16.3 Å². The second kappa shape index (κ2) is 14.0. The summed E-state index contributed by atoms with van der Waals surface area (Å²) in [4.78, 5) is 58.8. The molecule has 2 fully saturated rings. The number of rotatable bonds is 8. The number of alkyl halides is 3. The van der Waals surface area contributed by atoms with Gasteiger partial charge in [0.2, 0.25) is 17.6 Å². The van der Waals surface area contributed by atoms with Crippen molar-refractivity contribution in [2.24, 2.45) is 0 Å². The van der Waals surface area contributed by atoms with Crippen LogP contribution in [0.3, 0.4) is 0 Å². The number of amides is 2. The molecule has 0 atom stereocenters. The van der Waals surface area contributed by atoms with Gasteiger partial charge in [0.15, 0.2) is 5.15 Å². The van der Waals surface area contributed by atoms with E-state index in [-0.39, 0.29) is 23.9 Å². The molecule has 2 saturated heterocycles. The van der Waals surface area contributed by atoms with Crippen LogP contribution in [-0.2, 0) is 35.1 Å². The predicted octanol–water partition coefficient (Wildman–Crippen LogP) is 2.92. The third-order valence-corrected chi connectivity index (χ3v) is 8.80. The highest BCUT2D eigenvalue weighted by molar-refractivity contribution is 6.32. The monoisotopic (exact) mass is 702 g/mol. The van der Waals surface area contributed by atoms with Gasteiger partial charge in [-0.05, 0) is 36.6 Å². The molecule has 1 N–H and O–H groups in total. The lowest BCUT2D eigenvalue weighted by molar-refractivity contribution is -0.141. The highest BCUT2D eigenvalue weighted by Gasteiger charge is 2.34. The van der Waals surface area contributed by atoms with E-state index < -0.39 is 28.5 Å². The number of anilines is 3. The summed E-state index contributed by atoms with van der Waals surface area (Å²) in [6.45, 7) is 6.68. The fourth-order valence-corrected chi connectivity index (χ4v) is 6.24. The van der Waals surface area contributed by atoms with Crippen LogP contribution in [0.2, 0.25) is 5.15 Å². The molecule has 0 saturated carbocycles. The van der Waals surface area contributed by atoms with Gasteiger partial charge in [-0.25, -0.2) is 4.98 Å². The Morgan fingerprint density at radius 1 is 0.980 bits per heavy atom. The number of morpholine rings is 1. The standard InChI is InChI=1S/C31H34ClF3N10O4/c1-3-19-6-5-9-36-24(19)27(47)42-12-10-41(11-13-42)25-21(4-2)44(18-23(46)37-20-7-8-22(31(33,34)35)38-26(20)32)30-39-29(40-45(30)28(25)48)43-14-16-49-17-15-43/h5-9H,3-4,10-18H2,1-2H3,(H,37,46). The Balaban J connectivity index is 1.33. The molecule has 0 spiro atoms. The Morgan fingerprint density at radius 2 is 1.71 bits per heavy atom. The Kier molecular flexibility index (Phi) is 9.74. The number of hydrogen-bond acceptors (Lipinski definition) is 10. The van der Waals surface area contributed by atoms with E-state index in [0.29, 0.717) is 88.3 Å². The van der Waals surface area contributed by atoms with E-state index >= 15 is 0 Å². The average Bonchev–Trinajstić information content (AvgIpc) is 3.56. The minimum absolute atomic E-state index is 0.106.